The molecule has 1 aromatic heterocycles. The summed E-state index contributed by atoms with van der Waals surface area (Å²) in [6.45, 7) is 2.55. The third kappa shape index (κ3) is 3.33. The number of ether oxygens (including phenoxy) is 1. The van der Waals surface area contributed by atoms with Crippen molar-refractivity contribution in [2.45, 2.75) is 57.2 Å². The van der Waals surface area contributed by atoms with E-state index in [9.17, 15) is 0 Å². The minimum atomic E-state index is 0.342. The number of aromatic nitrogens is 2. The molecule has 5 heteroatoms. The SMILES string of the molecule is NCC1CCCCC1Nc1cnn(CC2CCCO2)c1. The molecule has 3 rings (SSSR count). The second-order valence-corrected chi connectivity index (χ2v) is 6.12. The predicted molar refractivity (Wildman–Crippen MR) is 79.6 cm³/mol. The first-order chi connectivity index (χ1) is 9.85. The van der Waals surface area contributed by atoms with Gasteiger partial charge < -0.3 is 15.8 Å². The lowest BCUT2D eigenvalue weighted by Crippen LogP contribution is -2.36. The van der Waals surface area contributed by atoms with Gasteiger partial charge in [-0.2, -0.15) is 5.10 Å². The highest BCUT2D eigenvalue weighted by molar-refractivity contribution is 5.39. The Morgan fingerprint density at radius 2 is 2.20 bits per heavy atom. The maximum atomic E-state index is 5.88. The fourth-order valence-corrected chi connectivity index (χ4v) is 3.43. The molecule has 0 spiro atoms. The monoisotopic (exact) mass is 278 g/mol. The summed E-state index contributed by atoms with van der Waals surface area (Å²) in [5.74, 6) is 0.602. The van der Waals surface area contributed by atoms with Crippen molar-refractivity contribution in [1.29, 1.82) is 0 Å². The summed E-state index contributed by atoms with van der Waals surface area (Å²) in [7, 11) is 0. The van der Waals surface area contributed by atoms with Gasteiger partial charge in [0.15, 0.2) is 0 Å². The van der Waals surface area contributed by atoms with Gasteiger partial charge in [0, 0.05) is 18.8 Å². The number of hydrogen-bond acceptors (Lipinski definition) is 4. The van der Waals surface area contributed by atoms with Crippen LogP contribution in [0.2, 0.25) is 0 Å². The summed E-state index contributed by atoms with van der Waals surface area (Å²) < 4.78 is 7.65. The number of nitrogens with two attached hydrogens (primary N) is 1. The molecule has 3 unspecified atom stereocenters. The number of nitrogens with zero attached hydrogens (tertiary/aromatic N) is 2. The Labute approximate surface area is 120 Å². The van der Waals surface area contributed by atoms with Crippen LogP contribution in [0.25, 0.3) is 0 Å². The van der Waals surface area contributed by atoms with E-state index in [0.717, 1.165) is 31.8 Å². The molecule has 0 radical (unpaired) electrons. The Kier molecular flexibility index (Phi) is 4.58. The fourth-order valence-electron chi connectivity index (χ4n) is 3.43. The van der Waals surface area contributed by atoms with Crippen LogP contribution in [0.4, 0.5) is 5.69 Å². The molecular formula is C15H26N4O. The van der Waals surface area contributed by atoms with Crippen LogP contribution in [0.1, 0.15) is 38.5 Å². The number of nitrogens with one attached hydrogen (secondary N) is 1. The smallest absolute Gasteiger partial charge is 0.0771 e. The first-order valence-electron chi connectivity index (χ1n) is 7.96. The standard InChI is InChI=1S/C15H26N4O/c16-8-12-4-1-2-6-15(12)18-13-9-17-19(10-13)11-14-5-3-7-20-14/h9-10,12,14-15,18H,1-8,11,16H2. The molecule has 3 N–H and O–H groups in total. The summed E-state index contributed by atoms with van der Waals surface area (Å²) in [6.07, 6.45) is 11.8. The Bertz CT molecular complexity index is 414. The number of anilines is 1. The van der Waals surface area contributed by atoms with Crippen molar-refractivity contribution < 1.29 is 4.74 Å². The average Bonchev–Trinajstić information content (AvgIpc) is 3.12. The highest BCUT2D eigenvalue weighted by Gasteiger charge is 2.24. The normalized spacial score (nSPS) is 30.6. The highest BCUT2D eigenvalue weighted by atomic mass is 16.5. The van der Waals surface area contributed by atoms with E-state index in [4.69, 9.17) is 10.5 Å². The van der Waals surface area contributed by atoms with Crippen LogP contribution in [0.3, 0.4) is 0 Å². The second kappa shape index (κ2) is 6.59. The molecule has 1 saturated carbocycles. The second-order valence-electron chi connectivity index (χ2n) is 6.12. The third-order valence-electron chi connectivity index (χ3n) is 4.61. The maximum absolute atomic E-state index is 5.88. The zero-order chi connectivity index (χ0) is 13.8. The van der Waals surface area contributed by atoms with Crippen LogP contribution in [0.15, 0.2) is 12.4 Å². The molecule has 0 bridgehead atoms. The van der Waals surface area contributed by atoms with Gasteiger partial charge in [0.05, 0.1) is 24.5 Å². The lowest BCUT2D eigenvalue weighted by molar-refractivity contribution is 0.0940. The van der Waals surface area contributed by atoms with Gasteiger partial charge in [0.25, 0.3) is 0 Å². The van der Waals surface area contributed by atoms with Crippen molar-refractivity contribution in [3.63, 3.8) is 0 Å². The van der Waals surface area contributed by atoms with Gasteiger partial charge in [0.2, 0.25) is 0 Å². The van der Waals surface area contributed by atoms with Crippen LogP contribution < -0.4 is 11.1 Å². The van der Waals surface area contributed by atoms with E-state index in [-0.39, 0.29) is 0 Å². The summed E-state index contributed by atoms with van der Waals surface area (Å²) in [4.78, 5) is 0. The molecule has 2 aliphatic rings. The fraction of sp³-hybridized carbons (Fsp3) is 0.800. The van der Waals surface area contributed by atoms with Crippen LogP contribution >= 0.6 is 0 Å². The molecule has 3 atom stereocenters. The van der Waals surface area contributed by atoms with Crippen molar-refractivity contribution in [3.8, 4) is 0 Å². The van der Waals surface area contributed by atoms with Crippen LogP contribution in [-0.2, 0) is 11.3 Å². The molecule has 1 saturated heterocycles. The van der Waals surface area contributed by atoms with Crippen LogP contribution in [0, 0.1) is 5.92 Å². The Hall–Kier alpha value is -1.07. The van der Waals surface area contributed by atoms with E-state index in [0.29, 0.717) is 18.1 Å². The predicted octanol–water partition coefficient (Wildman–Crippen LogP) is 1.99. The minimum Gasteiger partial charge on any atom is -0.379 e. The van der Waals surface area contributed by atoms with Gasteiger partial charge in [-0.05, 0) is 38.1 Å². The lowest BCUT2D eigenvalue weighted by Gasteiger charge is -2.31. The Balaban J connectivity index is 1.55. The maximum Gasteiger partial charge on any atom is 0.0771 e. The van der Waals surface area contributed by atoms with E-state index < -0.39 is 0 Å². The van der Waals surface area contributed by atoms with Gasteiger partial charge in [-0.1, -0.05) is 12.8 Å². The van der Waals surface area contributed by atoms with E-state index in [1.807, 2.05) is 10.9 Å². The molecule has 112 valence electrons. The van der Waals surface area contributed by atoms with Crippen molar-refractivity contribution in [2.75, 3.05) is 18.5 Å². The molecule has 2 fully saturated rings. The molecule has 0 amide bonds. The number of rotatable bonds is 5. The van der Waals surface area contributed by atoms with E-state index >= 15 is 0 Å². The molecule has 2 heterocycles. The zero-order valence-corrected chi connectivity index (χ0v) is 12.1. The van der Waals surface area contributed by atoms with E-state index in [1.54, 1.807) is 0 Å². The van der Waals surface area contributed by atoms with Crippen molar-refractivity contribution in [2.24, 2.45) is 11.7 Å². The van der Waals surface area contributed by atoms with Crippen molar-refractivity contribution in [1.82, 2.24) is 9.78 Å². The molecule has 1 aromatic rings. The first kappa shape index (κ1) is 13.9. The van der Waals surface area contributed by atoms with Crippen molar-refractivity contribution in [3.05, 3.63) is 12.4 Å². The summed E-state index contributed by atoms with van der Waals surface area (Å²) >= 11 is 0. The average molecular weight is 278 g/mol. The summed E-state index contributed by atoms with van der Waals surface area (Å²) in [5, 5.41) is 8.06. The van der Waals surface area contributed by atoms with Crippen molar-refractivity contribution >= 4 is 5.69 Å². The van der Waals surface area contributed by atoms with Gasteiger partial charge in [0.1, 0.15) is 0 Å². The van der Waals surface area contributed by atoms with E-state index in [2.05, 4.69) is 16.6 Å². The third-order valence-corrected chi connectivity index (χ3v) is 4.61. The van der Waals surface area contributed by atoms with Gasteiger partial charge in [-0.15, -0.1) is 0 Å². The van der Waals surface area contributed by atoms with Crippen LogP contribution in [0.5, 0.6) is 0 Å². The van der Waals surface area contributed by atoms with Gasteiger partial charge >= 0.3 is 0 Å². The molecule has 1 aliphatic carbocycles. The summed E-state index contributed by atoms with van der Waals surface area (Å²) in [6, 6.07) is 0.508. The molecule has 1 aliphatic heterocycles. The largest absolute Gasteiger partial charge is 0.379 e. The highest BCUT2D eigenvalue weighted by Crippen LogP contribution is 2.26. The molecule has 5 nitrogen and oxygen atoms in total. The topological polar surface area (TPSA) is 65.1 Å². The first-order valence-corrected chi connectivity index (χ1v) is 7.96. The van der Waals surface area contributed by atoms with E-state index in [1.165, 1.54) is 32.1 Å². The Morgan fingerprint density at radius 3 is 3.00 bits per heavy atom. The molecule has 0 aromatic carbocycles. The van der Waals surface area contributed by atoms with Gasteiger partial charge in [-0.3, -0.25) is 4.68 Å². The van der Waals surface area contributed by atoms with Gasteiger partial charge in [-0.25, -0.2) is 0 Å². The molecule has 20 heavy (non-hydrogen) atoms. The minimum absolute atomic E-state index is 0.342. The lowest BCUT2D eigenvalue weighted by atomic mass is 9.84. The summed E-state index contributed by atoms with van der Waals surface area (Å²) in [5.41, 5.74) is 7.00. The Morgan fingerprint density at radius 1 is 1.30 bits per heavy atom. The molecular weight excluding hydrogens is 252 g/mol. The zero-order valence-electron chi connectivity index (χ0n) is 12.1. The number of hydrogen-bond donors (Lipinski definition) is 2. The quantitative estimate of drug-likeness (QED) is 0.864. The van der Waals surface area contributed by atoms with Crippen LogP contribution in [-0.4, -0.2) is 35.1 Å².